The van der Waals surface area contributed by atoms with Gasteiger partial charge < -0.3 is 24.2 Å². The van der Waals surface area contributed by atoms with Crippen LogP contribution in [0.25, 0.3) is 5.76 Å². The number of amides is 1. The maximum absolute atomic E-state index is 12.9. The van der Waals surface area contributed by atoms with E-state index in [1.54, 1.807) is 18.2 Å². The molecule has 0 saturated carbocycles. The molecule has 32 heavy (non-hydrogen) atoms. The number of Topliss-reactive ketones (excluding diaryl/α,β-unsaturated/α-hetero) is 1. The Morgan fingerprint density at radius 3 is 2.50 bits per heavy atom. The van der Waals surface area contributed by atoms with E-state index in [1.807, 2.05) is 0 Å². The van der Waals surface area contributed by atoms with Crippen LogP contribution in [0.5, 0.6) is 11.5 Å². The summed E-state index contributed by atoms with van der Waals surface area (Å²) in [5.41, 5.74) is 0.456. The number of ketones is 1. The lowest BCUT2D eigenvalue weighted by Gasteiger charge is -2.26. The molecule has 2 aliphatic rings. The van der Waals surface area contributed by atoms with Crippen molar-refractivity contribution < 1.29 is 33.8 Å². The fourth-order valence-electron chi connectivity index (χ4n) is 3.77. The number of aliphatic hydroxyl groups excluding tert-OH is 1. The average Bonchev–Trinajstić information content (AvgIpc) is 3.06. The van der Waals surface area contributed by atoms with Crippen LogP contribution in [0.2, 0.25) is 0 Å². The van der Waals surface area contributed by atoms with Crippen molar-refractivity contribution in [2.75, 3.05) is 33.5 Å². The van der Waals surface area contributed by atoms with Gasteiger partial charge in [-0.15, -0.1) is 0 Å². The van der Waals surface area contributed by atoms with Gasteiger partial charge in [-0.25, -0.2) is 0 Å². The molecular weight excluding hydrogens is 420 g/mol. The Balaban J connectivity index is 1.83. The van der Waals surface area contributed by atoms with E-state index < -0.39 is 28.4 Å². The third-order valence-corrected chi connectivity index (χ3v) is 5.31. The van der Waals surface area contributed by atoms with Crippen molar-refractivity contribution in [1.29, 1.82) is 0 Å². The molecule has 1 amide bonds. The summed E-state index contributed by atoms with van der Waals surface area (Å²) in [7, 11) is 1.48. The van der Waals surface area contributed by atoms with Gasteiger partial charge in [0.2, 0.25) is 0 Å². The minimum Gasteiger partial charge on any atom is -0.507 e. The second-order valence-corrected chi connectivity index (χ2v) is 7.19. The van der Waals surface area contributed by atoms with E-state index in [4.69, 9.17) is 14.2 Å². The summed E-state index contributed by atoms with van der Waals surface area (Å²) >= 11 is 0. The Morgan fingerprint density at radius 2 is 1.84 bits per heavy atom. The number of ether oxygens (including phenoxy) is 3. The first-order valence-electron chi connectivity index (χ1n) is 9.84. The van der Waals surface area contributed by atoms with Crippen molar-refractivity contribution in [3.8, 4) is 11.5 Å². The molecule has 0 bridgehead atoms. The Labute approximate surface area is 182 Å². The Morgan fingerprint density at radius 1 is 1.16 bits per heavy atom. The van der Waals surface area contributed by atoms with Crippen LogP contribution in [0.3, 0.4) is 0 Å². The zero-order chi connectivity index (χ0) is 22.8. The molecule has 10 heteroatoms. The molecule has 2 heterocycles. The van der Waals surface area contributed by atoms with Gasteiger partial charge in [-0.1, -0.05) is 6.07 Å². The lowest BCUT2D eigenvalue weighted by Crippen LogP contribution is -2.32. The number of carbonyl (C=O) groups is 2. The first kappa shape index (κ1) is 21.3. The normalized spacial score (nSPS) is 19.3. The van der Waals surface area contributed by atoms with Crippen LogP contribution in [-0.2, 0) is 14.3 Å². The summed E-state index contributed by atoms with van der Waals surface area (Å²) < 4.78 is 16.3. The number of likely N-dealkylation sites (tertiary alicyclic amines) is 1. The summed E-state index contributed by atoms with van der Waals surface area (Å²) in [6, 6.07) is 9.27. The molecule has 2 aliphatic heterocycles. The lowest BCUT2D eigenvalue weighted by molar-refractivity contribution is -0.384. The molecular formula is C22H20N2O8. The van der Waals surface area contributed by atoms with E-state index >= 15 is 0 Å². The second kappa shape index (κ2) is 8.67. The summed E-state index contributed by atoms with van der Waals surface area (Å²) in [5.74, 6) is -1.02. The molecule has 2 aromatic rings. The number of fused-ring (bicyclic) bond motifs is 1. The largest absolute Gasteiger partial charge is 0.507 e. The van der Waals surface area contributed by atoms with Crippen LogP contribution in [-0.4, -0.2) is 60.1 Å². The standard InChI is InChI=1S/C22H20N2O8/c1-30-9-8-23-19(14-4-7-16-17(12-14)32-11-10-31-16)18(21(26)22(23)27)20(25)13-2-5-15(6-3-13)24(28)29/h2-7,12,19,25H,8-11H2,1H3/b20-18+. The van der Waals surface area contributed by atoms with Crippen LogP contribution >= 0.6 is 0 Å². The van der Waals surface area contributed by atoms with Gasteiger partial charge >= 0.3 is 0 Å². The number of aliphatic hydroxyl groups is 1. The number of nitro benzene ring substituents is 1. The monoisotopic (exact) mass is 440 g/mol. The maximum atomic E-state index is 12.9. The van der Waals surface area contributed by atoms with E-state index in [9.17, 15) is 24.8 Å². The Bertz CT molecular complexity index is 1110. The highest BCUT2D eigenvalue weighted by Gasteiger charge is 2.46. The highest BCUT2D eigenvalue weighted by Crippen LogP contribution is 2.42. The fraction of sp³-hybridized carbons (Fsp3) is 0.273. The number of carbonyl (C=O) groups excluding carboxylic acids is 2. The number of rotatable bonds is 6. The minimum atomic E-state index is -0.892. The molecule has 1 saturated heterocycles. The van der Waals surface area contributed by atoms with Crippen LogP contribution in [0.1, 0.15) is 17.2 Å². The van der Waals surface area contributed by atoms with Crippen LogP contribution in [0.15, 0.2) is 48.0 Å². The fourth-order valence-corrected chi connectivity index (χ4v) is 3.77. The molecule has 0 radical (unpaired) electrons. The summed E-state index contributed by atoms with van der Waals surface area (Å²) in [5, 5.41) is 21.9. The Kier molecular flexibility index (Phi) is 5.78. The van der Waals surface area contributed by atoms with E-state index in [1.165, 1.54) is 36.3 Å². The molecule has 166 valence electrons. The smallest absolute Gasteiger partial charge is 0.295 e. The maximum Gasteiger partial charge on any atom is 0.295 e. The van der Waals surface area contributed by atoms with Gasteiger partial charge in [0, 0.05) is 31.4 Å². The lowest BCUT2D eigenvalue weighted by atomic mass is 9.95. The molecule has 1 fully saturated rings. The third kappa shape index (κ3) is 3.76. The van der Waals surface area contributed by atoms with E-state index in [0.29, 0.717) is 30.3 Å². The van der Waals surface area contributed by atoms with Crippen molar-refractivity contribution in [1.82, 2.24) is 4.90 Å². The predicted octanol–water partition coefficient (Wildman–Crippen LogP) is 2.43. The second-order valence-electron chi connectivity index (χ2n) is 7.19. The highest BCUT2D eigenvalue weighted by atomic mass is 16.6. The number of nitrogens with zero attached hydrogens (tertiary/aromatic N) is 2. The molecule has 10 nitrogen and oxygen atoms in total. The average molecular weight is 440 g/mol. The third-order valence-electron chi connectivity index (χ3n) is 5.31. The molecule has 1 unspecified atom stereocenters. The van der Waals surface area contributed by atoms with Crippen LogP contribution in [0, 0.1) is 10.1 Å². The number of non-ortho nitro benzene ring substituents is 1. The quantitative estimate of drug-likeness (QED) is 0.238. The van der Waals surface area contributed by atoms with Gasteiger partial charge in [-0.3, -0.25) is 19.7 Å². The molecule has 0 aliphatic carbocycles. The highest BCUT2D eigenvalue weighted by molar-refractivity contribution is 6.46. The van der Waals surface area contributed by atoms with Gasteiger partial charge in [-0.2, -0.15) is 0 Å². The first-order chi connectivity index (χ1) is 15.4. The van der Waals surface area contributed by atoms with Crippen molar-refractivity contribution in [2.45, 2.75) is 6.04 Å². The zero-order valence-corrected chi connectivity index (χ0v) is 17.1. The van der Waals surface area contributed by atoms with Crippen LogP contribution < -0.4 is 9.47 Å². The number of methoxy groups -OCH3 is 1. The number of hydrogen-bond donors (Lipinski definition) is 1. The molecule has 2 aromatic carbocycles. The van der Waals surface area contributed by atoms with E-state index in [2.05, 4.69) is 0 Å². The summed E-state index contributed by atoms with van der Waals surface area (Å²) in [6.07, 6.45) is 0. The van der Waals surface area contributed by atoms with E-state index in [0.717, 1.165) is 0 Å². The van der Waals surface area contributed by atoms with Gasteiger partial charge in [0.25, 0.3) is 17.4 Å². The first-order valence-corrected chi connectivity index (χ1v) is 9.84. The van der Waals surface area contributed by atoms with Gasteiger partial charge in [0.05, 0.1) is 23.1 Å². The molecule has 1 atom stereocenters. The SMILES string of the molecule is COCCN1C(=O)C(=O)/C(=C(/O)c2ccc([N+](=O)[O-])cc2)C1c1ccc2c(c1)OCCO2. The molecule has 1 N–H and O–H groups in total. The predicted molar refractivity (Wildman–Crippen MR) is 111 cm³/mol. The number of hydrogen-bond acceptors (Lipinski definition) is 8. The van der Waals surface area contributed by atoms with Crippen molar-refractivity contribution in [2.24, 2.45) is 0 Å². The van der Waals surface area contributed by atoms with Crippen molar-refractivity contribution >= 4 is 23.1 Å². The number of benzene rings is 2. The van der Waals surface area contributed by atoms with E-state index in [-0.39, 0.29) is 30.0 Å². The van der Waals surface area contributed by atoms with Gasteiger partial charge in [0.15, 0.2) is 11.5 Å². The zero-order valence-electron chi connectivity index (χ0n) is 17.1. The summed E-state index contributed by atoms with van der Waals surface area (Å²) in [6.45, 7) is 1.09. The van der Waals surface area contributed by atoms with Crippen molar-refractivity contribution in [3.05, 3.63) is 69.3 Å². The van der Waals surface area contributed by atoms with Crippen LogP contribution in [0.4, 0.5) is 5.69 Å². The molecule has 4 rings (SSSR count). The molecule has 0 aromatic heterocycles. The van der Waals surface area contributed by atoms with Crippen molar-refractivity contribution in [3.63, 3.8) is 0 Å². The minimum absolute atomic E-state index is 0.114. The molecule has 0 spiro atoms. The van der Waals surface area contributed by atoms with Gasteiger partial charge in [0.1, 0.15) is 19.0 Å². The van der Waals surface area contributed by atoms with Gasteiger partial charge in [-0.05, 0) is 29.8 Å². The Hall–Kier alpha value is -3.92. The summed E-state index contributed by atoms with van der Waals surface area (Å²) in [4.78, 5) is 37.4. The topological polar surface area (TPSA) is 128 Å². The number of nitro groups is 1.